The zero-order valence-corrected chi connectivity index (χ0v) is 12.1. The molecule has 0 spiro atoms. The second kappa shape index (κ2) is 8.36. The van der Waals surface area contributed by atoms with Crippen LogP contribution in [0.3, 0.4) is 0 Å². The molecule has 1 aromatic rings. The molecular formula is C15H21FN2O3. The van der Waals surface area contributed by atoms with Gasteiger partial charge in [0.05, 0.1) is 11.3 Å². The minimum atomic E-state index is -1.21. The summed E-state index contributed by atoms with van der Waals surface area (Å²) in [5.74, 6) is -1.86. The number of carboxylic acid groups (broad SMARTS) is 1. The Balaban J connectivity index is 2.57. The summed E-state index contributed by atoms with van der Waals surface area (Å²) >= 11 is 0. The van der Waals surface area contributed by atoms with Crippen LogP contribution in [0.1, 0.15) is 43.0 Å². The number of nitrogens with one attached hydrogen (secondary N) is 1. The van der Waals surface area contributed by atoms with E-state index in [0.29, 0.717) is 25.3 Å². The molecule has 5 nitrogen and oxygen atoms in total. The van der Waals surface area contributed by atoms with Crippen LogP contribution in [0.5, 0.6) is 0 Å². The summed E-state index contributed by atoms with van der Waals surface area (Å²) in [6, 6.07) is 3.40. The molecule has 0 saturated heterocycles. The van der Waals surface area contributed by atoms with Crippen LogP contribution in [0.4, 0.5) is 10.1 Å². The van der Waals surface area contributed by atoms with Gasteiger partial charge in [0.25, 0.3) is 0 Å². The standard InChI is InChI=1S/C15H21FN2O3/c1-2-10(7-8-17)3-6-14(19)18-13-5-4-11(15(20)21)9-12(13)16/h4-5,9-10H,2-3,6-8,17H2,1H3,(H,18,19)(H,20,21). The quantitative estimate of drug-likeness (QED) is 0.687. The summed E-state index contributed by atoms with van der Waals surface area (Å²) < 4.78 is 13.7. The number of carbonyl (C=O) groups excluding carboxylic acids is 1. The van der Waals surface area contributed by atoms with Gasteiger partial charge in [-0.3, -0.25) is 4.79 Å². The van der Waals surface area contributed by atoms with Crippen LogP contribution in [0.15, 0.2) is 18.2 Å². The van der Waals surface area contributed by atoms with Crippen molar-refractivity contribution in [2.45, 2.75) is 32.6 Å². The van der Waals surface area contributed by atoms with Crippen molar-refractivity contribution in [1.29, 1.82) is 0 Å². The van der Waals surface area contributed by atoms with E-state index < -0.39 is 11.8 Å². The topological polar surface area (TPSA) is 92.4 Å². The van der Waals surface area contributed by atoms with Gasteiger partial charge in [-0.05, 0) is 43.5 Å². The molecule has 0 radical (unpaired) electrons. The first-order valence-electron chi connectivity index (χ1n) is 7.00. The average molecular weight is 296 g/mol. The molecule has 1 rings (SSSR count). The van der Waals surface area contributed by atoms with Crippen molar-refractivity contribution in [3.8, 4) is 0 Å². The summed E-state index contributed by atoms with van der Waals surface area (Å²) in [4.78, 5) is 22.5. The molecule has 21 heavy (non-hydrogen) atoms. The fourth-order valence-electron chi connectivity index (χ4n) is 2.09. The monoisotopic (exact) mass is 296 g/mol. The molecule has 0 aliphatic heterocycles. The molecule has 0 aromatic heterocycles. The van der Waals surface area contributed by atoms with Crippen molar-refractivity contribution in [2.75, 3.05) is 11.9 Å². The third-order valence-corrected chi connectivity index (χ3v) is 3.42. The van der Waals surface area contributed by atoms with Crippen LogP contribution in [-0.2, 0) is 4.79 Å². The number of carboxylic acids is 1. The molecule has 0 fully saturated rings. The molecule has 6 heteroatoms. The predicted octanol–water partition coefficient (Wildman–Crippen LogP) is 2.62. The smallest absolute Gasteiger partial charge is 0.335 e. The molecule has 0 aliphatic rings. The van der Waals surface area contributed by atoms with Crippen LogP contribution < -0.4 is 11.1 Å². The molecule has 4 N–H and O–H groups in total. The maximum Gasteiger partial charge on any atom is 0.335 e. The van der Waals surface area contributed by atoms with Crippen molar-refractivity contribution in [3.63, 3.8) is 0 Å². The lowest BCUT2D eigenvalue weighted by atomic mass is 9.96. The predicted molar refractivity (Wildman–Crippen MR) is 78.7 cm³/mol. The molecule has 1 aromatic carbocycles. The Morgan fingerprint density at radius 2 is 2.10 bits per heavy atom. The van der Waals surface area contributed by atoms with Crippen molar-refractivity contribution in [1.82, 2.24) is 0 Å². The number of hydrogen-bond donors (Lipinski definition) is 3. The van der Waals surface area contributed by atoms with Crippen LogP contribution in [0, 0.1) is 11.7 Å². The molecular weight excluding hydrogens is 275 g/mol. The Morgan fingerprint density at radius 3 is 2.62 bits per heavy atom. The molecule has 1 unspecified atom stereocenters. The van der Waals surface area contributed by atoms with Gasteiger partial charge in [-0.1, -0.05) is 13.3 Å². The lowest BCUT2D eigenvalue weighted by Gasteiger charge is -2.13. The Hall–Kier alpha value is -1.95. The maximum atomic E-state index is 13.7. The second-order valence-corrected chi connectivity index (χ2v) is 4.94. The third kappa shape index (κ3) is 5.51. The van der Waals surface area contributed by atoms with Gasteiger partial charge < -0.3 is 16.2 Å². The summed E-state index contributed by atoms with van der Waals surface area (Å²) in [6.45, 7) is 2.63. The normalized spacial score (nSPS) is 12.0. The van der Waals surface area contributed by atoms with E-state index in [4.69, 9.17) is 10.8 Å². The first-order valence-corrected chi connectivity index (χ1v) is 7.00. The van der Waals surface area contributed by atoms with Gasteiger partial charge in [-0.15, -0.1) is 0 Å². The molecule has 116 valence electrons. The van der Waals surface area contributed by atoms with E-state index >= 15 is 0 Å². The highest BCUT2D eigenvalue weighted by Gasteiger charge is 2.12. The molecule has 1 amide bonds. The second-order valence-electron chi connectivity index (χ2n) is 4.94. The van der Waals surface area contributed by atoms with Gasteiger partial charge in [0, 0.05) is 6.42 Å². The molecule has 0 heterocycles. The van der Waals surface area contributed by atoms with Gasteiger partial charge in [-0.2, -0.15) is 0 Å². The molecule has 0 bridgehead atoms. The number of benzene rings is 1. The molecule has 0 saturated carbocycles. The first kappa shape index (κ1) is 17.1. The number of hydrogen-bond acceptors (Lipinski definition) is 3. The fraction of sp³-hybridized carbons (Fsp3) is 0.467. The number of anilines is 1. The highest BCUT2D eigenvalue weighted by Crippen LogP contribution is 2.18. The Bertz CT molecular complexity index is 506. The minimum absolute atomic E-state index is 0.00290. The zero-order chi connectivity index (χ0) is 15.8. The van der Waals surface area contributed by atoms with Crippen molar-refractivity contribution in [3.05, 3.63) is 29.6 Å². The van der Waals surface area contributed by atoms with Gasteiger partial charge in [0.2, 0.25) is 5.91 Å². The van der Waals surface area contributed by atoms with E-state index in [1.165, 1.54) is 12.1 Å². The van der Waals surface area contributed by atoms with E-state index in [1.54, 1.807) is 0 Å². The lowest BCUT2D eigenvalue weighted by molar-refractivity contribution is -0.116. The molecule has 0 aliphatic carbocycles. The average Bonchev–Trinajstić information content (AvgIpc) is 2.45. The number of carbonyl (C=O) groups is 2. The van der Waals surface area contributed by atoms with E-state index in [0.717, 1.165) is 18.9 Å². The first-order chi connectivity index (χ1) is 9.97. The highest BCUT2D eigenvalue weighted by molar-refractivity contribution is 5.92. The SMILES string of the molecule is CCC(CCN)CCC(=O)Nc1ccc(C(=O)O)cc1F. The van der Waals surface area contributed by atoms with Crippen molar-refractivity contribution >= 4 is 17.6 Å². The lowest BCUT2D eigenvalue weighted by Crippen LogP contribution is -2.16. The van der Waals surface area contributed by atoms with Crippen molar-refractivity contribution < 1.29 is 19.1 Å². The van der Waals surface area contributed by atoms with Crippen LogP contribution >= 0.6 is 0 Å². The van der Waals surface area contributed by atoms with E-state index in [2.05, 4.69) is 5.32 Å². The van der Waals surface area contributed by atoms with E-state index in [1.807, 2.05) is 6.92 Å². The van der Waals surface area contributed by atoms with Gasteiger partial charge in [0.1, 0.15) is 5.82 Å². The number of rotatable bonds is 8. The Morgan fingerprint density at radius 1 is 1.38 bits per heavy atom. The number of amides is 1. The summed E-state index contributed by atoms with van der Waals surface area (Å²) in [5.41, 5.74) is 5.34. The summed E-state index contributed by atoms with van der Waals surface area (Å²) in [7, 11) is 0. The largest absolute Gasteiger partial charge is 0.478 e. The zero-order valence-electron chi connectivity index (χ0n) is 12.1. The van der Waals surface area contributed by atoms with Crippen LogP contribution in [0.2, 0.25) is 0 Å². The van der Waals surface area contributed by atoms with Gasteiger partial charge >= 0.3 is 5.97 Å². The minimum Gasteiger partial charge on any atom is -0.478 e. The Labute approximate surface area is 123 Å². The van der Waals surface area contributed by atoms with Crippen LogP contribution in [-0.4, -0.2) is 23.5 Å². The third-order valence-electron chi connectivity index (χ3n) is 3.42. The number of aromatic carboxylic acids is 1. The van der Waals surface area contributed by atoms with E-state index in [9.17, 15) is 14.0 Å². The maximum absolute atomic E-state index is 13.7. The highest BCUT2D eigenvalue weighted by atomic mass is 19.1. The number of nitrogens with two attached hydrogens (primary N) is 1. The summed E-state index contributed by atoms with van der Waals surface area (Å²) in [6.07, 6.45) is 2.81. The van der Waals surface area contributed by atoms with Gasteiger partial charge in [-0.25, -0.2) is 9.18 Å². The summed E-state index contributed by atoms with van der Waals surface area (Å²) in [5, 5.41) is 11.2. The van der Waals surface area contributed by atoms with Crippen molar-refractivity contribution in [2.24, 2.45) is 11.7 Å². The number of halogens is 1. The van der Waals surface area contributed by atoms with E-state index in [-0.39, 0.29) is 17.2 Å². The fourth-order valence-corrected chi connectivity index (χ4v) is 2.09. The van der Waals surface area contributed by atoms with Gasteiger partial charge in [0.15, 0.2) is 0 Å². The van der Waals surface area contributed by atoms with Crippen LogP contribution in [0.25, 0.3) is 0 Å². The molecule has 1 atom stereocenters. The Kier molecular flexibility index (Phi) is 6.81.